The third-order valence-corrected chi connectivity index (χ3v) is 5.44. The van der Waals surface area contributed by atoms with Crippen LogP contribution in [0, 0.1) is 0 Å². The molecule has 0 aliphatic rings. The van der Waals surface area contributed by atoms with Crippen molar-refractivity contribution >= 4 is 26.5 Å². The second-order valence-corrected chi connectivity index (χ2v) is 7.44. The summed E-state index contributed by atoms with van der Waals surface area (Å²) in [7, 11) is -2.25. The van der Waals surface area contributed by atoms with Crippen LogP contribution >= 0.6 is 0 Å². The Labute approximate surface area is 155 Å². The summed E-state index contributed by atoms with van der Waals surface area (Å²) in [5, 5.41) is 12.8. The Morgan fingerprint density at radius 3 is 2.56 bits per heavy atom. The molecule has 8 nitrogen and oxygen atoms in total. The zero-order valence-electron chi connectivity index (χ0n) is 14.3. The number of sulfonamides is 1. The Hall–Kier alpha value is -3.46. The molecule has 0 fully saturated rings. The van der Waals surface area contributed by atoms with Crippen molar-refractivity contribution in [2.24, 2.45) is 0 Å². The second-order valence-electron chi connectivity index (χ2n) is 5.76. The molecule has 0 radical (unpaired) electrons. The highest BCUT2D eigenvalue weighted by atomic mass is 32.2. The van der Waals surface area contributed by atoms with Gasteiger partial charge < -0.3 is 4.74 Å². The van der Waals surface area contributed by atoms with Crippen LogP contribution in [0.5, 0.6) is 5.75 Å². The minimum absolute atomic E-state index is 0.181. The van der Waals surface area contributed by atoms with Crippen LogP contribution in [0.1, 0.15) is 0 Å². The van der Waals surface area contributed by atoms with Gasteiger partial charge in [0.25, 0.3) is 10.0 Å². The smallest absolute Gasteiger partial charge is 0.261 e. The third-order valence-electron chi connectivity index (χ3n) is 4.06. The van der Waals surface area contributed by atoms with Gasteiger partial charge in [0.1, 0.15) is 17.8 Å². The average Bonchev–Trinajstić information content (AvgIpc) is 3.22. The maximum absolute atomic E-state index is 12.8. The molecule has 0 aliphatic carbocycles. The van der Waals surface area contributed by atoms with Crippen molar-refractivity contribution in [2.75, 3.05) is 11.8 Å². The summed E-state index contributed by atoms with van der Waals surface area (Å²) < 4.78 is 34.9. The van der Waals surface area contributed by atoms with Crippen molar-refractivity contribution in [3.05, 3.63) is 67.0 Å². The first-order chi connectivity index (χ1) is 13.1. The molecule has 0 saturated heterocycles. The van der Waals surface area contributed by atoms with E-state index in [-0.39, 0.29) is 4.90 Å². The molecule has 0 saturated carbocycles. The van der Waals surface area contributed by atoms with Gasteiger partial charge in [-0.05, 0) is 51.5 Å². The number of fused-ring (bicyclic) bond motifs is 1. The predicted octanol–water partition coefficient (Wildman–Crippen LogP) is 2.62. The minimum Gasteiger partial charge on any atom is -0.494 e. The summed E-state index contributed by atoms with van der Waals surface area (Å²) >= 11 is 0. The van der Waals surface area contributed by atoms with E-state index >= 15 is 0 Å². The Morgan fingerprint density at radius 2 is 1.81 bits per heavy atom. The maximum Gasteiger partial charge on any atom is 0.261 e. The van der Waals surface area contributed by atoms with Crippen LogP contribution in [0.15, 0.2) is 71.9 Å². The first kappa shape index (κ1) is 17.0. The molecule has 1 aromatic heterocycles. The summed E-state index contributed by atoms with van der Waals surface area (Å²) in [6.45, 7) is 0. The van der Waals surface area contributed by atoms with Crippen LogP contribution < -0.4 is 9.46 Å². The van der Waals surface area contributed by atoms with Crippen molar-refractivity contribution in [2.45, 2.75) is 4.90 Å². The predicted molar refractivity (Wildman–Crippen MR) is 100 cm³/mol. The SMILES string of the molecule is COc1ccc(NS(=O)(=O)c2ccc3ccccc3c2)cc1-n1cnnn1. The zero-order chi connectivity index (χ0) is 18.9. The van der Waals surface area contributed by atoms with Crippen molar-refractivity contribution < 1.29 is 13.2 Å². The van der Waals surface area contributed by atoms with Gasteiger partial charge in [-0.3, -0.25) is 4.72 Å². The lowest BCUT2D eigenvalue weighted by atomic mass is 10.1. The Bertz CT molecular complexity index is 1210. The van der Waals surface area contributed by atoms with Gasteiger partial charge in [0, 0.05) is 0 Å². The molecule has 0 unspecified atom stereocenters. The molecule has 4 rings (SSSR count). The lowest BCUT2D eigenvalue weighted by Gasteiger charge is -2.12. The van der Waals surface area contributed by atoms with E-state index in [0.717, 1.165) is 10.8 Å². The van der Waals surface area contributed by atoms with E-state index in [2.05, 4.69) is 20.2 Å². The summed E-state index contributed by atoms with van der Waals surface area (Å²) in [6.07, 6.45) is 1.40. The number of tetrazole rings is 1. The average molecular weight is 381 g/mol. The summed E-state index contributed by atoms with van der Waals surface area (Å²) in [6, 6.07) is 17.5. The topological polar surface area (TPSA) is 99.0 Å². The molecule has 0 spiro atoms. The summed E-state index contributed by atoms with van der Waals surface area (Å²) in [5.74, 6) is 0.510. The number of nitrogens with zero attached hydrogens (tertiary/aromatic N) is 4. The van der Waals surface area contributed by atoms with Crippen molar-refractivity contribution in [1.29, 1.82) is 0 Å². The zero-order valence-corrected chi connectivity index (χ0v) is 15.1. The van der Waals surface area contributed by atoms with Crippen LogP contribution in [0.2, 0.25) is 0 Å². The molecule has 0 bridgehead atoms. The number of aromatic nitrogens is 4. The van der Waals surface area contributed by atoms with Crippen molar-refractivity contribution in [1.82, 2.24) is 20.2 Å². The van der Waals surface area contributed by atoms with Gasteiger partial charge in [0.05, 0.1) is 17.7 Å². The van der Waals surface area contributed by atoms with E-state index < -0.39 is 10.0 Å². The van der Waals surface area contributed by atoms with E-state index in [1.54, 1.807) is 36.4 Å². The molecule has 1 heterocycles. The maximum atomic E-state index is 12.8. The van der Waals surface area contributed by atoms with E-state index in [1.807, 2.05) is 24.3 Å². The number of hydrogen-bond acceptors (Lipinski definition) is 6. The molecule has 9 heteroatoms. The molecule has 0 amide bonds. The number of nitrogens with one attached hydrogen (secondary N) is 1. The fourth-order valence-corrected chi connectivity index (χ4v) is 3.84. The number of benzene rings is 3. The molecular weight excluding hydrogens is 366 g/mol. The van der Waals surface area contributed by atoms with Crippen LogP contribution in [-0.4, -0.2) is 35.7 Å². The number of anilines is 1. The molecule has 3 aromatic carbocycles. The Morgan fingerprint density at radius 1 is 1.00 bits per heavy atom. The molecule has 136 valence electrons. The van der Waals surface area contributed by atoms with E-state index in [0.29, 0.717) is 17.1 Å². The molecule has 0 atom stereocenters. The summed E-state index contributed by atoms with van der Waals surface area (Å²) in [4.78, 5) is 0.181. The van der Waals surface area contributed by atoms with Crippen LogP contribution in [0.4, 0.5) is 5.69 Å². The van der Waals surface area contributed by atoms with Gasteiger partial charge in [-0.25, -0.2) is 8.42 Å². The molecule has 0 aliphatic heterocycles. The number of methoxy groups -OCH3 is 1. The monoisotopic (exact) mass is 381 g/mol. The van der Waals surface area contributed by atoms with Crippen LogP contribution in [0.25, 0.3) is 16.5 Å². The third kappa shape index (κ3) is 3.32. The molecular formula is C18H15N5O3S. The van der Waals surface area contributed by atoms with Gasteiger partial charge in [-0.1, -0.05) is 30.3 Å². The highest BCUT2D eigenvalue weighted by Crippen LogP contribution is 2.27. The first-order valence-electron chi connectivity index (χ1n) is 8.00. The second kappa shape index (κ2) is 6.69. The van der Waals surface area contributed by atoms with E-state index in [1.165, 1.54) is 18.1 Å². The number of ether oxygens (including phenoxy) is 1. The minimum atomic E-state index is -3.76. The van der Waals surface area contributed by atoms with Crippen molar-refractivity contribution in [3.8, 4) is 11.4 Å². The van der Waals surface area contributed by atoms with Gasteiger partial charge in [-0.2, -0.15) is 4.68 Å². The molecule has 1 N–H and O–H groups in total. The van der Waals surface area contributed by atoms with Gasteiger partial charge in [0.2, 0.25) is 0 Å². The number of hydrogen-bond donors (Lipinski definition) is 1. The quantitative estimate of drug-likeness (QED) is 0.571. The Balaban J connectivity index is 1.70. The number of rotatable bonds is 5. The Kier molecular flexibility index (Phi) is 4.21. The van der Waals surface area contributed by atoms with E-state index in [9.17, 15) is 8.42 Å². The lowest BCUT2D eigenvalue weighted by Crippen LogP contribution is -2.13. The summed E-state index contributed by atoms with van der Waals surface area (Å²) in [5.41, 5.74) is 0.885. The lowest BCUT2D eigenvalue weighted by molar-refractivity contribution is 0.411. The van der Waals surface area contributed by atoms with Crippen molar-refractivity contribution in [3.63, 3.8) is 0 Å². The van der Waals surface area contributed by atoms with Gasteiger partial charge in [0.15, 0.2) is 0 Å². The molecule has 27 heavy (non-hydrogen) atoms. The van der Waals surface area contributed by atoms with E-state index in [4.69, 9.17) is 4.74 Å². The largest absolute Gasteiger partial charge is 0.494 e. The van der Waals surface area contributed by atoms with Crippen LogP contribution in [0.3, 0.4) is 0 Å². The highest BCUT2D eigenvalue weighted by molar-refractivity contribution is 7.92. The first-order valence-corrected chi connectivity index (χ1v) is 9.48. The fourth-order valence-electron chi connectivity index (χ4n) is 2.75. The standard InChI is InChI=1S/C18H15N5O3S/c1-26-18-9-7-15(11-17(18)23-12-19-21-22-23)20-27(24,25)16-8-6-13-4-2-3-5-14(13)10-16/h2-12,20H,1H3. The molecule has 4 aromatic rings. The van der Waals surface area contributed by atoms with Gasteiger partial charge >= 0.3 is 0 Å². The fraction of sp³-hybridized carbons (Fsp3) is 0.0556. The highest BCUT2D eigenvalue weighted by Gasteiger charge is 2.16. The van der Waals surface area contributed by atoms with Gasteiger partial charge in [-0.15, -0.1) is 5.10 Å². The normalized spacial score (nSPS) is 11.4. The van der Waals surface area contributed by atoms with Crippen LogP contribution in [-0.2, 0) is 10.0 Å².